The summed E-state index contributed by atoms with van der Waals surface area (Å²) in [6.07, 6.45) is 4.01. The number of halogens is 3. The van der Waals surface area contributed by atoms with E-state index in [4.69, 9.17) is 0 Å². The van der Waals surface area contributed by atoms with Gasteiger partial charge in [0.25, 0.3) is 0 Å². The first-order chi connectivity index (χ1) is 13.4. The summed E-state index contributed by atoms with van der Waals surface area (Å²) in [7, 11) is 0. The molecule has 0 radical (unpaired) electrons. The Kier molecular flexibility index (Phi) is 5.00. The minimum absolute atomic E-state index is 0.182. The normalized spacial score (nSPS) is 16.6. The largest absolute Gasteiger partial charge is 0.417 e. The van der Waals surface area contributed by atoms with Crippen molar-refractivity contribution in [2.75, 3.05) is 0 Å². The van der Waals surface area contributed by atoms with Crippen molar-refractivity contribution in [3.05, 3.63) is 59.4 Å². The maximum Gasteiger partial charge on any atom is 0.417 e. The summed E-state index contributed by atoms with van der Waals surface area (Å²) in [4.78, 5) is 7.86. The van der Waals surface area contributed by atoms with Gasteiger partial charge >= 0.3 is 6.18 Å². The minimum Gasteiger partial charge on any atom is -0.338 e. The molecule has 0 saturated heterocycles. The molecule has 28 heavy (non-hydrogen) atoms. The molecule has 2 aromatic carbocycles. The molecule has 0 atom stereocenters. The second-order valence-electron chi connectivity index (χ2n) is 7.62. The molecule has 0 aliphatic heterocycles. The highest BCUT2D eigenvalue weighted by Gasteiger charge is 2.33. The summed E-state index contributed by atoms with van der Waals surface area (Å²) in [5.74, 6) is 1.37. The molecule has 146 valence electrons. The van der Waals surface area contributed by atoms with Gasteiger partial charge in [-0.15, -0.1) is 0 Å². The Morgan fingerprint density at radius 2 is 1.82 bits per heavy atom. The van der Waals surface area contributed by atoms with Crippen LogP contribution < -0.4 is 0 Å². The number of H-pyrrole nitrogens is 1. The number of aromatic nitrogens is 2. The van der Waals surface area contributed by atoms with Gasteiger partial charge in [0.05, 0.1) is 16.6 Å². The molecule has 1 aliphatic carbocycles. The Balaban J connectivity index is 1.68. The highest BCUT2D eigenvalue weighted by atomic mass is 19.4. The lowest BCUT2D eigenvalue weighted by molar-refractivity contribution is -0.137. The van der Waals surface area contributed by atoms with Gasteiger partial charge in [0.15, 0.2) is 0 Å². The van der Waals surface area contributed by atoms with Gasteiger partial charge in [-0.2, -0.15) is 13.2 Å². The second kappa shape index (κ2) is 7.46. The van der Waals surface area contributed by atoms with Crippen LogP contribution in [-0.4, -0.2) is 9.97 Å². The van der Waals surface area contributed by atoms with Crippen LogP contribution in [0.15, 0.2) is 48.0 Å². The van der Waals surface area contributed by atoms with E-state index in [0.717, 1.165) is 22.9 Å². The van der Waals surface area contributed by atoms with Gasteiger partial charge in [0.2, 0.25) is 0 Å². The smallest absolute Gasteiger partial charge is 0.338 e. The molecule has 1 aliphatic rings. The SMILES string of the molecule is CC(=Cc1nc2ccc(-c3ccccc3C(F)(F)F)cc2[nH]1)C1CCCCC1. The number of alkyl halides is 3. The maximum atomic E-state index is 13.3. The Morgan fingerprint density at radius 3 is 2.57 bits per heavy atom. The first kappa shape index (κ1) is 18.8. The number of hydrogen-bond acceptors (Lipinski definition) is 1. The summed E-state index contributed by atoms with van der Waals surface area (Å²) >= 11 is 0. The summed E-state index contributed by atoms with van der Waals surface area (Å²) in [5, 5.41) is 0. The molecule has 5 heteroatoms. The number of nitrogens with one attached hydrogen (secondary N) is 1. The van der Waals surface area contributed by atoms with E-state index >= 15 is 0 Å². The number of imidazole rings is 1. The highest BCUT2D eigenvalue weighted by Crippen LogP contribution is 2.37. The average molecular weight is 384 g/mol. The van der Waals surface area contributed by atoms with Crippen LogP contribution in [0, 0.1) is 5.92 Å². The van der Waals surface area contributed by atoms with E-state index in [0.29, 0.717) is 11.5 Å². The highest BCUT2D eigenvalue weighted by molar-refractivity contribution is 5.84. The molecular weight excluding hydrogens is 361 g/mol. The van der Waals surface area contributed by atoms with E-state index < -0.39 is 11.7 Å². The van der Waals surface area contributed by atoms with E-state index in [1.165, 1.54) is 49.8 Å². The van der Waals surface area contributed by atoms with Crippen molar-refractivity contribution >= 4 is 17.1 Å². The van der Waals surface area contributed by atoms with E-state index in [2.05, 4.69) is 23.0 Å². The molecule has 4 rings (SSSR count). The fraction of sp³-hybridized carbons (Fsp3) is 0.348. The minimum atomic E-state index is -4.38. The van der Waals surface area contributed by atoms with Gasteiger partial charge in [-0.05, 0) is 61.1 Å². The predicted octanol–water partition coefficient (Wildman–Crippen LogP) is 7.23. The first-order valence-electron chi connectivity index (χ1n) is 9.76. The van der Waals surface area contributed by atoms with Gasteiger partial charge in [-0.3, -0.25) is 0 Å². The number of fused-ring (bicyclic) bond motifs is 1. The number of aromatic amines is 1. The zero-order chi connectivity index (χ0) is 19.7. The van der Waals surface area contributed by atoms with Crippen LogP contribution in [0.4, 0.5) is 13.2 Å². The van der Waals surface area contributed by atoms with E-state index in [1.807, 2.05) is 0 Å². The number of nitrogens with zero attached hydrogens (tertiary/aromatic N) is 1. The molecule has 1 saturated carbocycles. The van der Waals surface area contributed by atoms with Crippen LogP contribution in [-0.2, 0) is 6.18 Å². The zero-order valence-corrected chi connectivity index (χ0v) is 15.8. The van der Waals surface area contributed by atoms with Crippen LogP contribution >= 0.6 is 0 Å². The molecule has 1 heterocycles. The lowest BCUT2D eigenvalue weighted by atomic mass is 9.84. The topological polar surface area (TPSA) is 28.7 Å². The second-order valence-corrected chi connectivity index (χ2v) is 7.62. The molecular formula is C23H23F3N2. The van der Waals surface area contributed by atoms with Crippen LogP contribution in [0.3, 0.4) is 0 Å². The van der Waals surface area contributed by atoms with Crippen molar-refractivity contribution in [1.29, 1.82) is 0 Å². The van der Waals surface area contributed by atoms with Crippen molar-refractivity contribution in [2.24, 2.45) is 5.92 Å². The molecule has 0 amide bonds. The summed E-state index contributed by atoms with van der Waals surface area (Å²) in [5.41, 5.74) is 2.92. The molecule has 0 unspecified atom stereocenters. The summed E-state index contributed by atoms with van der Waals surface area (Å²) < 4.78 is 40.0. The van der Waals surface area contributed by atoms with Crippen molar-refractivity contribution < 1.29 is 13.2 Å². The molecule has 0 spiro atoms. The monoisotopic (exact) mass is 384 g/mol. The van der Waals surface area contributed by atoms with Crippen LogP contribution in [0.1, 0.15) is 50.4 Å². The van der Waals surface area contributed by atoms with Crippen molar-refractivity contribution in [3.63, 3.8) is 0 Å². The van der Waals surface area contributed by atoms with E-state index in [9.17, 15) is 13.2 Å². The fourth-order valence-corrected chi connectivity index (χ4v) is 4.14. The first-order valence-corrected chi connectivity index (χ1v) is 9.76. The van der Waals surface area contributed by atoms with Crippen LogP contribution in [0.5, 0.6) is 0 Å². The van der Waals surface area contributed by atoms with Gasteiger partial charge in [0, 0.05) is 0 Å². The molecule has 1 aromatic heterocycles. The van der Waals surface area contributed by atoms with E-state index in [-0.39, 0.29) is 5.56 Å². The lowest BCUT2D eigenvalue weighted by Gasteiger charge is -2.22. The average Bonchev–Trinajstić information content (AvgIpc) is 3.09. The number of hydrogen-bond donors (Lipinski definition) is 1. The van der Waals surface area contributed by atoms with Crippen molar-refractivity contribution in [1.82, 2.24) is 9.97 Å². The summed E-state index contributed by atoms with van der Waals surface area (Å²) in [6.45, 7) is 2.15. The van der Waals surface area contributed by atoms with Crippen LogP contribution in [0.25, 0.3) is 28.2 Å². The fourth-order valence-electron chi connectivity index (χ4n) is 4.14. The van der Waals surface area contributed by atoms with Crippen molar-refractivity contribution in [3.8, 4) is 11.1 Å². The Labute approximate surface area is 162 Å². The number of allylic oxidation sites excluding steroid dienone is 1. The molecule has 1 fully saturated rings. The number of benzene rings is 2. The lowest BCUT2D eigenvalue weighted by Crippen LogP contribution is -2.07. The maximum absolute atomic E-state index is 13.3. The summed E-state index contributed by atoms with van der Waals surface area (Å²) in [6, 6.07) is 10.9. The molecule has 0 bridgehead atoms. The predicted molar refractivity (Wildman–Crippen MR) is 107 cm³/mol. The van der Waals surface area contributed by atoms with Gasteiger partial charge in [-0.1, -0.05) is 49.1 Å². The standard InChI is InChI=1S/C23H23F3N2/c1-15(16-7-3-2-4-8-16)13-22-27-20-12-11-17(14-21(20)28-22)18-9-5-6-10-19(18)23(24,25)26/h5-6,9-14,16H,2-4,7-8H2,1H3,(H,27,28). The third kappa shape index (κ3) is 3.84. The van der Waals surface area contributed by atoms with Gasteiger partial charge in [-0.25, -0.2) is 4.98 Å². The van der Waals surface area contributed by atoms with Crippen molar-refractivity contribution in [2.45, 2.75) is 45.2 Å². The van der Waals surface area contributed by atoms with Gasteiger partial charge in [0.1, 0.15) is 5.82 Å². The van der Waals surface area contributed by atoms with Gasteiger partial charge < -0.3 is 4.98 Å². The van der Waals surface area contributed by atoms with E-state index in [1.54, 1.807) is 24.3 Å². The number of rotatable bonds is 3. The molecule has 3 aromatic rings. The van der Waals surface area contributed by atoms with Crippen LogP contribution in [0.2, 0.25) is 0 Å². The Hall–Kier alpha value is -2.56. The Morgan fingerprint density at radius 1 is 1.07 bits per heavy atom. The zero-order valence-electron chi connectivity index (χ0n) is 15.8. The third-order valence-corrected chi connectivity index (χ3v) is 5.66. The quantitative estimate of drug-likeness (QED) is 0.507. The third-order valence-electron chi connectivity index (χ3n) is 5.66. The Bertz CT molecular complexity index is 1010. The molecule has 2 nitrogen and oxygen atoms in total. The molecule has 1 N–H and O–H groups in total.